The number of nitrogens with zero attached hydrogens (tertiary/aromatic N) is 2. The molecule has 4 heteroatoms. The third kappa shape index (κ3) is 3.96. The van der Waals surface area contributed by atoms with Crippen LogP contribution in [0, 0.1) is 0 Å². The lowest BCUT2D eigenvalue weighted by Crippen LogP contribution is -2.29. The molecule has 1 atom stereocenters. The fourth-order valence-corrected chi connectivity index (χ4v) is 3.67. The molecule has 4 rings (SSSR count). The molecule has 0 saturated heterocycles. The number of amides is 1. The molecule has 1 amide bonds. The molecule has 1 aliphatic rings. The highest BCUT2D eigenvalue weighted by Crippen LogP contribution is 2.32. The van der Waals surface area contributed by atoms with Crippen LogP contribution < -0.4 is 4.90 Å². The summed E-state index contributed by atoms with van der Waals surface area (Å²) in [6.07, 6.45) is 1.10. The van der Waals surface area contributed by atoms with E-state index in [4.69, 9.17) is 16.6 Å². The number of aliphatic imine (C=N–C) groups is 1. The Labute approximate surface area is 176 Å². The average Bonchev–Trinajstić information content (AvgIpc) is 3.01. The second kappa shape index (κ2) is 8.22. The number of halogens is 1. The van der Waals surface area contributed by atoms with Gasteiger partial charge in [0.05, 0.1) is 17.9 Å². The summed E-state index contributed by atoms with van der Waals surface area (Å²) in [6, 6.07) is 23.6. The molecular formula is C25H23ClN2O. The van der Waals surface area contributed by atoms with Gasteiger partial charge >= 0.3 is 0 Å². The van der Waals surface area contributed by atoms with Gasteiger partial charge in [0, 0.05) is 10.6 Å². The van der Waals surface area contributed by atoms with Crippen molar-refractivity contribution in [1.82, 2.24) is 0 Å². The maximum absolute atomic E-state index is 13.2. The van der Waals surface area contributed by atoms with Gasteiger partial charge in [0.1, 0.15) is 5.71 Å². The molecule has 3 aromatic rings. The molecule has 3 nitrogen and oxygen atoms in total. The van der Waals surface area contributed by atoms with Gasteiger partial charge in [-0.3, -0.25) is 4.79 Å². The first-order valence-electron chi connectivity index (χ1n) is 9.91. The summed E-state index contributed by atoms with van der Waals surface area (Å²) in [4.78, 5) is 19.7. The Morgan fingerprint density at radius 3 is 2.34 bits per heavy atom. The lowest BCUT2D eigenvalue weighted by molar-refractivity contribution is -0.112. The van der Waals surface area contributed by atoms with Crippen LogP contribution >= 0.6 is 11.6 Å². The van der Waals surface area contributed by atoms with E-state index in [1.807, 2.05) is 60.7 Å². The minimum absolute atomic E-state index is 0.0767. The molecule has 1 heterocycles. The molecule has 0 saturated carbocycles. The zero-order valence-corrected chi connectivity index (χ0v) is 17.4. The van der Waals surface area contributed by atoms with Crippen molar-refractivity contribution in [3.05, 3.63) is 94.5 Å². The molecule has 0 spiro atoms. The minimum Gasteiger partial charge on any atom is -0.302 e. The lowest BCUT2D eigenvalue weighted by atomic mass is 9.99. The molecule has 0 fully saturated rings. The number of anilines is 1. The zero-order valence-electron chi connectivity index (χ0n) is 16.6. The molecule has 0 bridgehead atoms. The molecular weight excluding hydrogens is 380 g/mol. The topological polar surface area (TPSA) is 32.7 Å². The van der Waals surface area contributed by atoms with E-state index in [2.05, 4.69) is 26.0 Å². The van der Waals surface area contributed by atoms with E-state index in [0.29, 0.717) is 23.2 Å². The number of carbonyl (C=O) groups is 1. The monoisotopic (exact) mass is 402 g/mol. The van der Waals surface area contributed by atoms with E-state index in [1.54, 1.807) is 4.90 Å². The second-order valence-corrected chi connectivity index (χ2v) is 7.83. The number of para-hydroxylation sites is 1. The average molecular weight is 403 g/mol. The Morgan fingerprint density at radius 1 is 0.966 bits per heavy atom. The van der Waals surface area contributed by atoms with Crippen LogP contribution in [0.15, 0.2) is 77.8 Å². The predicted octanol–water partition coefficient (Wildman–Crippen LogP) is 6.52. The van der Waals surface area contributed by atoms with Gasteiger partial charge in [0.2, 0.25) is 0 Å². The molecule has 0 radical (unpaired) electrons. The molecule has 0 aromatic heterocycles. The van der Waals surface area contributed by atoms with Crippen LogP contribution in [0.25, 0.3) is 0 Å². The zero-order chi connectivity index (χ0) is 20.4. The molecule has 1 aliphatic heterocycles. The Bertz CT molecular complexity index is 1050. The van der Waals surface area contributed by atoms with E-state index in [-0.39, 0.29) is 5.91 Å². The summed E-state index contributed by atoms with van der Waals surface area (Å²) >= 11 is 5.99. The van der Waals surface area contributed by atoms with Gasteiger partial charge in [0.25, 0.3) is 5.91 Å². The molecule has 0 unspecified atom stereocenters. The van der Waals surface area contributed by atoms with Gasteiger partial charge in [0.15, 0.2) is 0 Å². The van der Waals surface area contributed by atoms with E-state index >= 15 is 0 Å². The highest BCUT2D eigenvalue weighted by Gasteiger charge is 2.33. The van der Waals surface area contributed by atoms with Crippen LogP contribution in [0.1, 0.15) is 42.9 Å². The fourth-order valence-electron chi connectivity index (χ4n) is 3.54. The third-order valence-corrected chi connectivity index (χ3v) is 5.72. The van der Waals surface area contributed by atoms with Crippen molar-refractivity contribution in [2.24, 2.45) is 4.99 Å². The van der Waals surface area contributed by atoms with Gasteiger partial charge in [-0.15, -0.1) is 0 Å². The highest BCUT2D eigenvalue weighted by atomic mass is 35.5. The Morgan fingerprint density at radius 2 is 1.66 bits per heavy atom. The van der Waals surface area contributed by atoms with Gasteiger partial charge in [-0.2, -0.15) is 0 Å². The normalized spacial score (nSPS) is 15.6. The summed E-state index contributed by atoms with van der Waals surface area (Å²) in [7, 11) is 0. The molecule has 0 aliphatic carbocycles. The van der Waals surface area contributed by atoms with Crippen molar-refractivity contribution >= 4 is 34.6 Å². The van der Waals surface area contributed by atoms with Crippen LogP contribution in [-0.2, 0) is 11.3 Å². The number of benzene rings is 3. The summed E-state index contributed by atoms with van der Waals surface area (Å²) in [5.41, 5.74) is 5.37. The van der Waals surface area contributed by atoms with Crippen molar-refractivity contribution in [1.29, 1.82) is 0 Å². The maximum atomic E-state index is 13.2. The van der Waals surface area contributed by atoms with Crippen LogP contribution in [0.5, 0.6) is 0 Å². The molecule has 146 valence electrons. The molecule has 3 aromatic carbocycles. The lowest BCUT2D eigenvalue weighted by Gasteiger charge is -2.17. The summed E-state index contributed by atoms with van der Waals surface area (Å²) < 4.78 is 0. The first kappa shape index (κ1) is 19.4. The second-order valence-electron chi connectivity index (χ2n) is 7.40. The van der Waals surface area contributed by atoms with E-state index in [0.717, 1.165) is 28.9 Å². The van der Waals surface area contributed by atoms with E-state index < -0.39 is 0 Å². The number of carbonyl (C=O) groups excluding carboxylic acids is 1. The standard InChI is InChI=1S/C25H23ClN2O/c1-3-17(2)19-10-14-21(15-11-19)27-24-22-6-4-5-7-23(22)28(25(24)29)16-18-8-12-20(26)13-9-18/h4-15,17H,3,16H2,1-2H3/t17-/m0/s1. The van der Waals surface area contributed by atoms with E-state index in [9.17, 15) is 4.79 Å². The van der Waals surface area contributed by atoms with Crippen molar-refractivity contribution in [3.8, 4) is 0 Å². The van der Waals surface area contributed by atoms with Crippen molar-refractivity contribution in [2.45, 2.75) is 32.7 Å². The fraction of sp³-hybridized carbons (Fsp3) is 0.200. The van der Waals surface area contributed by atoms with Crippen molar-refractivity contribution in [2.75, 3.05) is 4.90 Å². The number of rotatable bonds is 5. The number of hydrogen-bond donors (Lipinski definition) is 0. The first-order chi connectivity index (χ1) is 14.1. The van der Waals surface area contributed by atoms with Gasteiger partial charge in [-0.25, -0.2) is 4.99 Å². The predicted molar refractivity (Wildman–Crippen MR) is 120 cm³/mol. The largest absolute Gasteiger partial charge is 0.302 e. The van der Waals surface area contributed by atoms with Gasteiger partial charge in [-0.05, 0) is 53.8 Å². The Balaban J connectivity index is 1.66. The Hall–Kier alpha value is -2.91. The van der Waals surface area contributed by atoms with Crippen LogP contribution in [0.4, 0.5) is 11.4 Å². The summed E-state index contributed by atoms with van der Waals surface area (Å²) in [6.45, 7) is 4.88. The first-order valence-corrected chi connectivity index (χ1v) is 10.3. The number of hydrogen-bond acceptors (Lipinski definition) is 2. The highest BCUT2D eigenvalue weighted by molar-refractivity contribution is 6.54. The van der Waals surface area contributed by atoms with Crippen molar-refractivity contribution in [3.63, 3.8) is 0 Å². The van der Waals surface area contributed by atoms with Gasteiger partial charge < -0.3 is 4.90 Å². The van der Waals surface area contributed by atoms with Crippen LogP contribution in [0.3, 0.4) is 0 Å². The minimum atomic E-state index is -0.0767. The smallest absolute Gasteiger partial charge is 0.277 e. The SMILES string of the molecule is CC[C@H](C)c1ccc(N=C2C(=O)N(Cc3ccc(Cl)cc3)c3ccccc32)cc1. The summed E-state index contributed by atoms with van der Waals surface area (Å²) in [5.74, 6) is 0.438. The molecule has 0 N–H and O–H groups in total. The van der Waals surface area contributed by atoms with E-state index in [1.165, 1.54) is 5.56 Å². The summed E-state index contributed by atoms with van der Waals surface area (Å²) in [5, 5.41) is 0.685. The Kier molecular flexibility index (Phi) is 5.50. The van der Waals surface area contributed by atoms with Crippen LogP contribution in [-0.4, -0.2) is 11.6 Å². The number of fused-ring (bicyclic) bond motifs is 1. The third-order valence-electron chi connectivity index (χ3n) is 5.47. The quantitative estimate of drug-likeness (QED) is 0.478. The van der Waals surface area contributed by atoms with Gasteiger partial charge in [-0.1, -0.05) is 67.9 Å². The molecule has 29 heavy (non-hydrogen) atoms. The van der Waals surface area contributed by atoms with Crippen LogP contribution in [0.2, 0.25) is 5.02 Å². The van der Waals surface area contributed by atoms with Crippen molar-refractivity contribution < 1.29 is 4.79 Å². The maximum Gasteiger partial charge on any atom is 0.277 e.